The molecule has 19 heavy (non-hydrogen) atoms. The van der Waals surface area contributed by atoms with Crippen LogP contribution in [0.1, 0.15) is 27.2 Å². The van der Waals surface area contributed by atoms with Crippen molar-refractivity contribution in [2.24, 2.45) is 22.1 Å². The molecule has 2 heterocycles. The standard InChI is InChI=1S/C14H25N3O2/c1-9-8-17(5-7-18-9)13(15)16-11-10-4-6-19-12(10)14(11,2)3/h9-12H,4-8H2,1-3H3,(H2,15,16). The summed E-state index contributed by atoms with van der Waals surface area (Å²) >= 11 is 0. The summed E-state index contributed by atoms with van der Waals surface area (Å²) in [5.74, 6) is 1.24. The average Bonchev–Trinajstić information content (AvgIpc) is 2.82. The van der Waals surface area contributed by atoms with E-state index < -0.39 is 0 Å². The van der Waals surface area contributed by atoms with Crippen LogP contribution >= 0.6 is 0 Å². The van der Waals surface area contributed by atoms with Crippen molar-refractivity contribution in [3.05, 3.63) is 0 Å². The molecule has 0 bridgehead atoms. The minimum Gasteiger partial charge on any atom is -0.377 e. The molecule has 0 radical (unpaired) electrons. The first-order chi connectivity index (χ1) is 9.00. The highest BCUT2D eigenvalue weighted by molar-refractivity contribution is 5.78. The number of aliphatic imine (C=N–C) groups is 1. The molecule has 5 nitrogen and oxygen atoms in total. The van der Waals surface area contributed by atoms with Crippen molar-refractivity contribution in [2.45, 2.75) is 45.4 Å². The summed E-state index contributed by atoms with van der Waals surface area (Å²) < 4.78 is 11.3. The van der Waals surface area contributed by atoms with E-state index in [4.69, 9.17) is 20.2 Å². The van der Waals surface area contributed by atoms with Crippen LogP contribution in [0, 0.1) is 11.3 Å². The Balaban J connectivity index is 1.70. The quantitative estimate of drug-likeness (QED) is 0.565. The van der Waals surface area contributed by atoms with Crippen LogP contribution in [0.25, 0.3) is 0 Å². The number of ether oxygens (including phenoxy) is 2. The second-order valence-electron chi connectivity index (χ2n) is 6.62. The van der Waals surface area contributed by atoms with Crippen LogP contribution in [0.2, 0.25) is 0 Å². The van der Waals surface area contributed by atoms with Gasteiger partial charge in [0.1, 0.15) is 0 Å². The van der Waals surface area contributed by atoms with Crippen LogP contribution in [-0.2, 0) is 9.47 Å². The van der Waals surface area contributed by atoms with Crippen LogP contribution in [0.3, 0.4) is 0 Å². The van der Waals surface area contributed by atoms with Crippen molar-refractivity contribution in [2.75, 3.05) is 26.3 Å². The molecule has 5 heteroatoms. The van der Waals surface area contributed by atoms with Crippen LogP contribution in [0.15, 0.2) is 4.99 Å². The minimum absolute atomic E-state index is 0.115. The number of guanidine groups is 1. The van der Waals surface area contributed by atoms with E-state index in [9.17, 15) is 0 Å². The van der Waals surface area contributed by atoms with Gasteiger partial charge in [-0.3, -0.25) is 0 Å². The Kier molecular flexibility index (Phi) is 3.21. The Hall–Kier alpha value is -0.810. The largest absolute Gasteiger partial charge is 0.377 e. The molecule has 4 atom stereocenters. The van der Waals surface area contributed by atoms with Gasteiger partial charge in [-0.25, -0.2) is 4.99 Å². The van der Waals surface area contributed by atoms with Crippen molar-refractivity contribution in [3.63, 3.8) is 0 Å². The lowest BCUT2D eigenvalue weighted by Gasteiger charge is -2.52. The number of hydrogen-bond acceptors (Lipinski definition) is 3. The lowest BCUT2D eigenvalue weighted by molar-refractivity contribution is -0.0990. The average molecular weight is 267 g/mol. The Morgan fingerprint density at radius 1 is 1.32 bits per heavy atom. The second kappa shape index (κ2) is 4.63. The number of nitrogens with two attached hydrogens (primary N) is 1. The van der Waals surface area contributed by atoms with Crippen LogP contribution in [0.4, 0.5) is 0 Å². The summed E-state index contributed by atoms with van der Waals surface area (Å²) in [6.45, 7) is 9.85. The first kappa shape index (κ1) is 13.2. The van der Waals surface area contributed by atoms with Gasteiger partial charge in [0.15, 0.2) is 5.96 Å². The highest BCUT2D eigenvalue weighted by Gasteiger charge is 2.59. The molecule has 3 aliphatic rings. The van der Waals surface area contributed by atoms with Crippen LogP contribution in [-0.4, -0.2) is 55.4 Å². The number of fused-ring (bicyclic) bond motifs is 1. The molecule has 3 fully saturated rings. The maximum Gasteiger partial charge on any atom is 0.191 e. The summed E-state index contributed by atoms with van der Waals surface area (Å²) in [6, 6.07) is 0.304. The van der Waals surface area contributed by atoms with Gasteiger partial charge in [-0.15, -0.1) is 0 Å². The molecule has 0 aromatic heterocycles. The fourth-order valence-corrected chi connectivity index (χ4v) is 3.81. The molecule has 0 spiro atoms. The summed E-state index contributed by atoms with van der Waals surface area (Å²) in [5.41, 5.74) is 6.32. The lowest BCUT2D eigenvalue weighted by Crippen LogP contribution is -2.60. The molecule has 2 aliphatic heterocycles. The van der Waals surface area contributed by atoms with E-state index in [1.165, 1.54) is 0 Å². The molecule has 0 amide bonds. The number of hydrogen-bond donors (Lipinski definition) is 1. The van der Waals surface area contributed by atoms with Gasteiger partial charge in [-0.2, -0.15) is 0 Å². The number of rotatable bonds is 1. The van der Waals surface area contributed by atoms with Crippen LogP contribution < -0.4 is 5.73 Å². The van der Waals surface area contributed by atoms with Crippen molar-refractivity contribution < 1.29 is 9.47 Å². The number of morpholine rings is 1. The van der Waals surface area contributed by atoms with Gasteiger partial charge in [-0.1, -0.05) is 13.8 Å². The SMILES string of the molecule is CC1CN(C(N)=NC2C3CCOC3C2(C)C)CCO1. The van der Waals surface area contributed by atoms with Gasteiger partial charge < -0.3 is 20.1 Å². The van der Waals surface area contributed by atoms with Crippen LogP contribution in [0.5, 0.6) is 0 Å². The summed E-state index contributed by atoms with van der Waals surface area (Å²) in [4.78, 5) is 6.97. The lowest BCUT2D eigenvalue weighted by atomic mass is 9.57. The molecule has 1 aliphatic carbocycles. The fourth-order valence-electron chi connectivity index (χ4n) is 3.81. The van der Waals surface area contributed by atoms with Crippen molar-refractivity contribution >= 4 is 5.96 Å². The van der Waals surface area contributed by atoms with E-state index in [2.05, 4.69) is 25.7 Å². The Morgan fingerprint density at radius 2 is 2.11 bits per heavy atom. The minimum atomic E-state index is 0.115. The topological polar surface area (TPSA) is 60.1 Å². The summed E-state index contributed by atoms with van der Waals surface area (Å²) in [7, 11) is 0. The molecule has 108 valence electrons. The predicted molar refractivity (Wildman–Crippen MR) is 74.0 cm³/mol. The molecule has 2 N–H and O–H groups in total. The summed E-state index contributed by atoms with van der Waals surface area (Å²) in [5, 5.41) is 0. The van der Waals surface area contributed by atoms with Gasteiger partial charge in [0.2, 0.25) is 0 Å². The Labute approximate surface area is 115 Å². The molecular weight excluding hydrogens is 242 g/mol. The molecular formula is C14H25N3O2. The normalized spacial score (nSPS) is 41.8. The first-order valence-corrected chi connectivity index (χ1v) is 7.31. The van der Waals surface area contributed by atoms with Crippen molar-refractivity contribution in [3.8, 4) is 0 Å². The second-order valence-corrected chi connectivity index (χ2v) is 6.62. The van der Waals surface area contributed by atoms with Gasteiger partial charge >= 0.3 is 0 Å². The third-order valence-electron chi connectivity index (χ3n) is 4.88. The molecule has 3 rings (SSSR count). The van der Waals surface area contributed by atoms with E-state index in [0.717, 1.165) is 32.7 Å². The molecule has 2 saturated heterocycles. The van der Waals surface area contributed by atoms with Crippen molar-refractivity contribution in [1.29, 1.82) is 0 Å². The molecule has 0 aromatic rings. The predicted octanol–water partition coefficient (Wildman–Crippen LogP) is 0.835. The monoisotopic (exact) mass is 267 g/mol. The third kappa shape index (κ3) is 2.13. The van der Waals surface area contributed by atoms with Gasteiger partial charge in [-0.05, 0) is 13.3 Å². The summed E-state index contributed by atoms with van der Waals surface area (Å²) in [6.07, 6.45) is 1.73. The third-order valence-corrected chi connectivity index (χ3v) is 4.88. The maximum atomic E-state index is 6.20. The zero-order valence-electron chi connectivity index (χ0n) is 12.1. The highest BCUT2D eigenvalue weighted by Crippen LogP contribution is 2.53. The van der Waals surface area contributed by atoms with Gasteiger partial charge in [0.05, 0.1) is 24.9 Å². The van der Waals surface area contributed by atoms with E-state index in [1.54, 1.807) is 0 Å². The van der Waals surface area contributed by atoms with Gasteiger partial charge in [0.25, 0.3) is 0 Å². The smallest absolute Gasteiger partial charge is 0.191 e. The Morgan fingerprint density at radius 3 is 2.84 bits per heavy atom. The maximum absolute atomic E-state index is 6.20. The zero-order valence-corrected chi connectivity index (χ0v) is 12.1. The zero-order chi connectivity index (χ0) is 13.6. The fraction of sp³-hybridized carbons (Fsp3) is 0.929. The van der Waals surface area contributed by atoms with Gasteiger partial charge in [0, 0.05) is 31.0 Å². The molecule has 0 aromatic carbocycles. The van der Waals surface area contributed by atoms with Crippen molar-refractivity contribution in [1.82, 2.24) is 4.90 Å². The van der Waals surface area contributed by atoms with E-state index in [0.29, 0.717) is 24.0 Å². The molecule has 4 unspecified atom stereocenters. The van der Waals surface area contributed by atoms with E-state index in [1.807, 2.05) is 0 Å². The van der Waals surface area contributed by atoms with E-state index in [-0.39, 0.29) is 11.5 Å². The Bertz CT molecular complexity index is 383. The first-order valence-electron chi connectivity index (χ1n) is 7.31. The highest BCUT2D eigenvalue weighted by atomic mass is 16.5. The van der Waals surface area contributed by atoms with E-state index >= 15 is 0 Å². The molecule has 1 saturated carbocycles. The number of nitrogens with zero attached hydrogens (tertiary/aromatic N) is 2.